The van der Waals surface area contributed by atoms with Crippen LogP contribution in [-0.2, 0) is 14.3 Å². The highest BCUT2D eigenvalue weighted by molar-refractivity contribution is 7.07. The van der Waals surface area contributed by atoms with E-state index in [1.165, 1.54) is 22.8 Å². The predicted octanol–water partition coefficient (Wildman–Crippen LogP) is 4.07. The predicted molar refractivity (Wildman–Crippen MR) is 150 cm³/mol. The third-order valence-electron chi connectivity index (χ3n) is 6.00. The third kappa shape index (κ3) is 6.20. The van der Waals surface area contributed by atoms with Crippen molar-refractivity contribution in [1.29, 1.82) is 0 Å². The van der Waals surface area contributed by atoms with E-state index < -0.39 is 18.0 Å². The van der Waals surface area contributed by atoms with Crippen molar-refractivity contribution in [2.45, 2.75) is 47.6 Å². The molecule has 0 unspecified atom stereocenters. The molecule has 0 fully saturated rings. The van der Waals surface area contributed by atoms with Gasteiger partial charge in [0.25, 0.3) is 5.56 Å². The van der Waals surface area contributed by atoms with Crippen molar-refractivity contribution >= 4 is 29.4 Å². The first kappa shape index (κ1) is 28.0. The quantitative estimate of drug-likeness (QED) is 0.311. The lowest BCUT2D eigenvalue weighted by Crippen LogP contribution is -2.40. The van der Waals surface area contributed by atoms with Crippen LogP contribution in [0.25, 0.3) is 6.08 Å². The van der Waals surface area contributed by atoms with Gasteiger partial charge in [-0.2, -0.15) is 0 Å². The van der Waals surface area contributed by atoms with Crippen LogP contribution in [0.3, 0.4) is 0 Å². The molecule has 0 radical (unpaired) electrons. The Morgan fingerprint density at radius 3 is 2.46 bits per heavy atom. The largest absolute Gasteiger partial charge is 0.490 e. The number of carbonyl (C=O) groups excluding carboxylic acids is 2. The van der Waals surface area contributed by atoms with Crippen LogP contribution in [-0.4, -0.2) is 29.7 Å². The monoisotopic (exact) mass is 548 g/mol. The molecule has 1 aromatic heterocycles. The minimum absolute atomic E-state index is 0.136. The number of rotatable bonds is 8. The zero-order valence-corrected chi connectivity index (χ0v) is 23.8. The van der Waals surface area contributed by atoms with Gasteiger partial charge in [0.05, 0.1) is 35.1 Å². The fourth-order valence-corrected chi connectivity index (χ4v) is 5.28. The fraction of sp³-hybridized carbons (Fsp3) is 0.333. The van der Waals surface area contributed by atoms with E-state index in [4.69, 9.17) is 14.2 Å². The van der Waals surface area contributed by atoms with E-state index in [9.17, 15) is 14.4 Å². The molecule has 9 heteroatoms. The molecule has 1 aliphatic heterocycles. The van der Waals surface area contributed by atoms with E-state index in [0.717, 1.165) is 11.1 Å². The molecule has 0 N–H and O–H groups in total. The number of hydrogen-bond acceptors (Lipinski definition) is 8. The highest BCUT2D eigenvalue weighted by atomic mass is 32.1. The van der Waals surface area contributed by atoms with Crippen molar-refractivity contribution in [3.05, 3.63) is 90.1 Å². The van der Waals surface area contributed by atoms with E-state index in [2.05, 4.69) is 4.99 Å². The summed E-state index contributed by atoms with van der Waals surface area (Å²) in [5, 5.41) is 0. The Morgan fingerprint density at radius 1 is 1.10 bits per heavy atom. The van der Waals surface area contributed by atoms with Gasteiger partial charge in [-0.05, 0) is 56.0 Å². The number of allylic oxidation sites excluding steroid dienone is 1. The minimum Gasteiger partial charge on any atom is -0.490 e. The smallest absolute Gasteiger partial charge is 0.338 e. The summed E-state index contributed by atoms with van der Waals surface area (Å²) in [6.45, 7) is 11.3. The molecular weight excluding hydrogens is 516 g/mol. The van der Waals surface area contributed by atoms with Crippen molar-refractivity contribution in [2.75, 3.05) is 13.2 Å². The number of thiazole rings is 1. The summed E-state index contributed by atoms with van der Waals surface area (Å²) in [7, 11) is 0. The summed E-state index contributed by atoms with van der Waals surface area (Å²) < 4.78 is 18.7. The molecule has 2 aromatic carbocycles. The topological polar surface area (TPSA) is 96.2 Å². The van der Waals surface area contributed by atoms with Gasteiger partial charge < -0.3 is 14.2 Å². The first-order valence-corrected chi connectivity index (χ1v) is 13.6. The highest BCUT2D eigenvalue weighted by Gasteiger charge is 2.34. The minimum atomic E-state index is -0.813. The average Bonchev–Trinajstić information content (AvgIpc) is 3.18. The molecule has 39 heavy (non-hydrogen) atoms. The van der Waals surface area contributed by atoms with Crippen LogP contribution >= 0.6 is 11.3 Å². The van der Waals surface area contributed by atoms with Crippen molar-refractivity contribution in [3.8, 4) is 11.5 Å². The normalized spacial score (nSPS) is 15.2. The van der Waals surface area contributed by atoms with Crippen LogP contribution in [0.4, 0.5) is 0 Å². The lowest BCUT2D eigenvalue weighted by molar-refractivity contribution is -0.140. The van der Waals surface area contributed by atoms with Crippen molar-refractivity contribution < 1.29 is 23.8 Å². The Morgan fingerprint density at radius 2 is 1.82 bits per heavy atom. The number of esters is 2. The van der Waals surface area contributed by atoms with Gasteiger partial charge in [0, 0.05) is 6.92 Å². The van der Waals surface area contributed by atoms with E-state index in [1.54, 1.807) is 25.1 Å². The lowest BCUT2D eigenvalue weighted by atomic mass is 9.95. The summed E-state index contributed by atoms with van der Waals surface area (Å²) in [5.41, 5.74) is 3.08. The number of aryl methyl sites for hydroxylation is 1. The molecule has 0 saturated carbocycles. The molecule has 1 aliphatic rings. The Balaban J connectivity index is 1.92. The van der Waals surface area contributed by atoms with Crippen LogP contribution in [0.2, 0.25) is 0 Å². The van der Waals surface area contributed by atoms with Crippen LogP contribution in [0.15, 0.2) is 63.5 Å². The molecule has 8 nitrogen and oxygen atoms in total. The van der Waals surface area contributed by atoms with Gasteiger partial charge in [-0.3, -0.25) is 14.2 Å². The van der Waals surface area contributed by atoms with E-state index >= 15 is 0 Å². The first-order valence-electron chi connectivity index (χ1n) is 12.8. The fourth-order valence-electron chi connectivity index (χ4n) is 4.23. The lowest BCUT2D eigenvalue weighted by Gasteiger charge is -2.25. The number of hydrogen-bond donors (Lipinski definition) is 0. The summed E-state index contributed by atoms with van der Waals surface area (Å²) >= 11 is 1.26. The molecule has 2 heterocycles. The summed E-state index contributed by atoms with van der Waals surface area (Å²) in [6.07, 6.45) is 1.83. The Labute approximate surface area is 230 Å². The number of benzene rings is 2. The molecule has 3 aromatic rings. The second-order valence-electron chi connectivity index (χ2n) is 9.72. The van der Waals surface area contributed by atoms with Gasteiger partial charge >= 0.3 is 11.9 Å². The molecule has 1 atom stereocenters. The molecule has 204 valence electrons. The highest BCUT2D eigenvalue weighted by Crippen LogP contribution is 2.36. The molecule has 0 aliphatic carbocycles. The third-order valence-corrected chi connectivity index (χ3v) is 6.98. The van der Waals surface area contributed by atoms with Crippen LogP contribution < -0.4 is 24.4 Å². The maximum Gasteiger partial charge on any atom is 0.338 e. The standard InChI is InChI=1S/C30H32N2O6S/c1-7-36-24-15-22(12-13-23(24)38-20(6)33)27-26(29(35)37-16-17(2)3)19(5)31-30-32(27)28(34)25(39-30)14-21-10-8-18(4)9-11-21/h8-15,17,27H,7,16H2,1-6H3/b25-14+/t27-/m0/s1. The summed E-state index contributed by atoms with van der Waals surface area (Å²) in [6, 6.07) is 12.1. The number of fused-ring (bicyclic) bond motifs is 1. The van der Waals surface area contributed by atoms with Gasteiger partial charge in [0.15, 0.2) is 16.3 Å². The van der Waals surface area contributed by atoms with Crippen LogP contribution in [0.5, 0.6) is 11.5 Å². The van der Waals surface area contributed by atoms with Crippen LogP contribution in [0, 0.1) is 12.8 Å². The average molecular weight is 549 g/mol. The number of carbonyl (C=O) groups is 2. The number of ether oxygens (including phenoxy) is 3. The molecule has 0 amide bonds. The maximum atomic E-state index is 13.8. The van der Waals surface area contributed by atoms with Gasteiger partial charge in [-0.1, -0.05) is 61.1 Å². The second kappa shape index (κ2) is 11.8. The molecule has 0 spiro atoms. The van der Waals surface area contributed by atoms with Crippen molar-refractivity contribution in [2.24, 2.45) is 10.9 Å². The SMILES string of the molecule is CCOc1cc([C@H]2C(C(=O)OCC(C)C)=C(C)N=c3s/c(=C/c4ccc(C)cc4)c(=O)n32)ccc1OC(C)=O. The van der Waals surface area contributed by atoms with Crippen molar-refractivity contribution in [1.82, 2.24) is 4.57 Å². The van der Waals surface area contributed by atoms with Gasteiger partial charge in [0.2, 0.25) is 0 Å². The van der Waals surface area contributed by atoms with Gasteiger partial charge in [0.1, 0.15) is 0 Å². The first-order chi connectivity index (χ1) is 18.6. The molecule has 0 saturated heterocycles. The molecular formula is C30H32N2O6S. The zero-order chi connectivity index (χ0) is 28.3. The number of nitrogens with zero attached hydrogens (tertiary/aromatic N) is 2. The maximum absolute atomic E-state index is 13.8. The summed E-state index contributed by atoms with van der Waals surface area (Å²) in [4.78, 5) is 44.0. The Bertz CT molecular complexity index is 1610. The second-order valence-corrected chi connectivity index (χ2v) is 10.7. The number of aromatic nitrogens is 1. The van der Waals surface area contributed by atoms with E-state index in [1.807, 2.05) is 58.0 Å². The van der Waals surface area contributed by atoms with E-state index in [0.29, 0.717) is 33.0 Å². The molecule has 0 bridgehead atoms. The van der Waals surface area contributed by atoms with Crippen LogP contribution in [0.1, 0.15) is 57.4 Å². The van der Waals surface area contributed by atoms with Gasteiger partial charge in [-0.15, -0.1) is 0 Å². The zero-order valence-electron chi connectivity index (χ0n) is 22.9. The summed E-state index contributed by atoms with van der Waals surface area (Å²) in [5.74, 6) is -0.302. The Kier molecular flexibility index (Phi) is 8.50. The van der Waals surface area contributed by atoms with E-state index in [-0.39, 0.29) is 29.4 Å². The molecule has 4 rings (SSSR count). The Hall–Kier alpha value is -3.98. The van der Waals surface area contributed by atoms with Crippen molar-refractivity contribution in [3.63, 3.8) is 0 Å². The van der Waals surface area contributed by atoms with Gasteiger partial charge in [-0.25, -0.2) is 9.79 Å².